The van der Waals surface area contributed by atoms with E-state index in [1.54, 1.807) is 0 Å². The summed E-state index contributed by atoms with van der Waals surface area (Å²) in [7, 11) is 0. The van der Waals surface area contributed by atoms with Crippen LogP contribution in [0.5, 0.6) is 0 Å². The summed E-state index contributed by atoms with van der Waals surface area (Å²) >= 11 is 0. The van der Waals surface area contributed by atoms with Gasteiger partial charge in [-0.05, 0) is 32.1 Å². The fourth-order valence-corrected chi connectivity index (χ4v) is 5.06. The average Bonchev–Trinajstić information content (AvgIpc) is 2.46. The molecular formula is C18H24O8. The molecule has 2 N–H and O–H groups in total. The van der Waals surface area contributed by atoms with Crippen LogP contribution in [-0.2, 0) is 28.6 Å². The fourth-order valence-electron chi connectivity index (χ4n) is 5.06. The Morgan fingerprint density at radius 1 is 0.962 bits per heavy atom. The van der Waals surface area contributed by atoms with Crippen molar-refractivity contribution in [2.75, 3.05) is 13.2 Å². The van der Waals surface area contributed by atoms with Gasteiger partial charge in [-0.3, -0.25) is 0 Å². The van der Waals surface area contributed by atoms with Crippen LogP contribution >= 0.6 is 0 Å². The maximum atomic E-state index is 12.1. The van der Waals surface area contributed by atoms with E-state index in [4.69, 9.17) is 9.47 Å². The van der Waals surface area contributed by atoms with E-state index < -0.39 is 47.9 Å². The molecule has 0 heterocycles. The normalized spacial score (nSPS) is 37.1. The van der Waals surface area contributed by atoms with Gasteiger partial charge < -0.3 is 24.4 Å². The Labute approximate surface area is 151 Å². The molecular weight excluding hydrogens is 344 g/mol. The molecule has 4 fully saturated rings. The minimum Gasteiger partial charge on any atom is -0.456 e. The summed E-state index contributed by atoms with van der Waals surface area (Å²) in [4.78, 5) is 34.8. The number of carbonyl (C=O) groups excluding carboxylic acids is 3. The highest BCUT2D eigenvalue weighted by Gasteiger charge is 2.64. The third-order valence-electron chi connectivity index (χ3n) is 5.31. The van der Waals surface area contributed by atoms with Crippen molar-refractivity contribution >= 4 is 17.9 Å². The van der Waals surface area contributed by atoms with Crippen LogP contribution in [0.15, 0.2) is 12.2 Å². The molecule has 0 spiro atoms. The SMILES string of the molecule is C=C(C)C(=O)OCC(=O)OCC(=O)OC12CC3CC(O)(CC(O)(C3)C1)C2. The second-order valence-electron chi connectivity index (χ2n) is 8.13. The van der Waals surface area contributed by atoms with Gasteiger partial charge in [0.15, 0.2) is 13.2 Å². The first-order valence-electron chi connectivity index (χ1n) is 8.67. The highest BCUT2D eigenvalue weighted by atomic mass is 16.6. The van der Waals surface area contributed by atoms with Crippen LogP contribution in [0.4, 0.5) is 0 Å². The number of hydrogen-bond acceptors (Lipinski definition) is 8. The molecule has 0 radical (unpaired) electrons. The minimum atomic E-state index is -1.01. The first-order chi connectivity index (χ1) is 12.0. The standard InChI is InChI=1S/C18H24O8/c1-11(2)15(21)25-6-13(19)24-7-14(20)26-18-5-12-3-16(22,9-18)8-17(23,4-12)10-18/h12,22-23H,1,3-10H2,2H3. The molecule has 4 aliphatic rings. The summed E-state index contributed by atoms with van der Waals surface area (Å²) in [6.07, 6.45) is 2.69. The lowest BCUT2D eigenvalue weighted by Gasteiger charge is -2.62. The highest BCUT2D eigenvalue weighted by molar-refractivity contribution is 5.88. The molecule has 2 atom stereocenters. The zero-order valence-corrected chi connectivity index (χ0v) is 14.8. The molecule has 0 aliphatic heterocycles. The number of rotatable bonds is 6. The minimum absolute atomic E-state index is 0.109. The Morgan fingerprint density at radius 2 is 1.54 bits per heavy atom. The largest absolute Gasteiger partial charge is 0.456 e. The van der Waals surface area contributed by atoms with Gasteiger partial charge in [-0.2, -0.15) is 0 Å². The molecule has 0 aromatic rings. The van der Waals surface area contributed by atoms with Crippen molar-refractivity contribution in [3.63, 3.8) is 0 Å². The third kappa shape index (κ3) is 3.91. The average molecular weight is 368 g/mol. The Morgan fingerprint density at radius 3 is 2.08 bits per heavy atom. The third-order valence-corrected chi connectivity index (χ3v) is 5.31. The van der Waals surface area contributed by atoms with Crippen molar-refractivity contribution in [2.45, 2.75) is 62.3 Å². The van der Waals surface area contributed by atoms with Gasteiger partial charge in [0.2, 0.25) is 0 Å². The molecule has 8 nitrogen and oxygen atoms in total. The predicted octanol–water partition coefficient (Wildman–Crippen LogP) is 0.391. The predicted molar refractivity (Wildman–Crippen MR) is 86.6 cm³/mol. The molecule has 2 unspecified atom stereocenters. The molecule has 0 aromatic carbocycles. The molecule has 26 heavy (non-hydrogen) atoms. The number of ether oxygens (including phenoxy) is 3. The second-order valence-corrected chi connectivity index (χ2v) is 8.13. The van der Waals surface area contributed by atoms with Gasteiger partial charge in [-0.15, -0.1) is 0 Å². The van der Waals surface area contributed by atoms with Gasteiger partial charge in [0, 0.05) is 24.8 Å². The lowest BCUT2D eigenvalue weighted by molar-refractivity contribution is -0.262. The van der Waals surface area contributed by atoms with Crippen LogP contribution in [0.1, 0.15) is 45.4 Å². The quantitative estimate of drug-likeness (QED) is 0.393. The second kappa shape index (κ2) is 6.35. The van der Waals surface area contributed by atoms with Crippen LogP contribution < -0.4 is 0 Å². The first-order valence-corrected chi connectivity index (χ1v) is 8.67. The van der Waals surface area contributed by atoms with Crippen molar-refractivity contribution in [3.8, 4) is 0 Å². The van der Waals surface area contributed by atoms with Crippen molar-refractivity contribution in [1.82, 2.24) is 0 Å². The van der Waals surface area contributed by atoms with Gasteiger partial charge in [0.05, 0.1) is 11.2 Å². The summed E-state index contributed by atoms with van der Waals surface area (Å²) in [5.74, 6) is -2.24. The molecule has 4 saturated carbocycles. The fraction of sp³-hybridized carbons (Fsp3) is 0.722. The van der Waals surface area contributed by atoms with Gasteiger partial charge in [-0.1, -0.05) is 6.58 Å². The van der Waals surface area contributed by atoms with E-state index in [9.17, 15) is 24.6 Å². The van der Waals surface area contributed by atoms with Crippen LogP contribution in [0, 0.1) is 5.92 Å². The van der Waals surface area contributed by atoms with E-state index in [2.05, 4.69) is 11.3 Å². The van der Waals surface area contributed by atoms with Crippen molar-refractivity contribution in [2.24, 2.45) is 5.92 Å². The lowest BCUT2D eigenvalue weighted by Crippen LogP contribution is -2.67. The molecule has 0 saturated heterocycles. The van der Waals surface area contributed by atoms with Gasteiger partial charge in [0.25, 0.3) is 0 Å². The Bertz CT molecular complexity index is 636. The number of esters is 3. The number of carbonyl (C=O) groups is 3. The maximum absolute atomic E-state index is 12.1. The molecule has 144 valence electrons. The van der Waals surface area contributed by atoms with Gasteiger partial charge in [0.1, 0.15) is 5.60 Å². The smallest absolute Gasteiger partial charge is 0.344 e. The zero-order chi connectivity index (χ0) is 19.2. The van der Waals surface area contributed by atoms with Crippen LogP contribution in [0.25, 0.3) is 0 Å². The maximum Gasteiger partial charge on any atom is 0.344 e. The van der Waals surface area contributed by atoms with E-state index in [0.29, 0.717) is 25.7 Å². The van der Waals surface area contributed by atoms with Crippen LogP contribution in [-0.4, -0.2) is 58.1 Å². The molecule has 0 amide bonds. The summed E-state index contributed by atoms with van der Waals surface area (Å²) in [6, 6.07) is 0. The monoisotopic (exact) mass is 368 g/mol. The zero-order valence-electron chi connectivity index (χ0n) is 14.8. The van der Waals surface area contributed by atoms with Crippen LogP contribution in [0.2, 0.25) is 0 Å². The van der Waals surface area contributed by atoms with E-state index in [1.165, 1.54) is 6.92 Å². The van der Waals surface area contributed by atoms with Gasteiger partial charge >= 0.3 is 17.9 Å². The van der Waals surface area contributed by atoms with Crippen LogP contribution in [0.3, 0.4) is 0 Å². The summed E-state index contributed by atoms with van der Waals surface area (Å²) in [5, 5.41) is 21.3. The number of aliphatic hydroxyl groups is 2. The first kappa shape index (κ1) is 18.8. The Hall–Kier alpha value is -1.93. The molecule has 4 aliphatic carbocycles. The summed E-state index contributed by atoms with van der Waals surface area (Å²) in [6.45, 7) is 3.59. The van der Waals surface area contributed by atoms with Crippen molar-refractivity contribution < 1.29 is 38.8 Å². The van der Waals surface area contributed by atoms with Crippen molar-refractivity contribution in [1.29, 1.82) is 0 Å². The van der Waals surface area contributed by atoms with E-state index in [1.807, 2.05) is 0 Å². The van der Waals surface area contributed by atoms with Gasteiger partial charge in [-0.25, -0.2) is 14.4 Å². The molecule has 0 aromatic heterocycles. The van der Waals surface area contributed by atoms with E-state index >= 15 is 0 Å². The van der Waals surface area contributed by atoms with E-state index in [0.717, 1.165) is 0 Å². The molecule has 8 heteroatoms. The number of hydrogen-bond donors (Lipinski definition) is 2. The Kier molecular flexibility index (Phi) is 4.60. The van der Waals surface area contributed by atoms with E-state index in [-0.39, 0.29) is 24.3 Å². The highest BCUT2D eigenvalue weighted by Crippen LogP contribution is 2.60. The van der Waals surface area contributed by atoms with Crippen molar-refractivity contribution in [3.05, 3.63) is 12.2 Å². The summed E-state index contributed by atoms with van der Waals surface area (Å²) < 4.78 is 14.9. The molecule has 4 rings (SSSR count). The topological polar surface area (TPSA) is 119 Å². The lowest BCUT2D eigenvalue weighted by atomic mass is 9.50. The Balaban J connectivity index is 1.50. The molecule has 4 bridgehead atoms. The summed E-state index contributed by atoms with van der Waals surface area (Å²) in [5.41, 5.74) is -2.79.